The summed E-state index contributed by atoms with van der Waals surface area (Å²) in [6.45, 7) is 5.86. The number of likely N-dealkylation sites (tertiary alicyclic amines) is 2. The van der Waals surface area contributed by atoms with Crippen molar-refractivity contribution in [2.24, 2.45) is 18.4 Å². The van der Waals surface area contributed by atoms with Crippen molar-refractivity contribution < 1.29 is 9.53 Å². The number of para-hydroxylation sites is 1. The van der Waals surface area contributed by atoms with Crippen LogP contribution in [-0.4, -0.2) is 60.2 Å². The van der Waals surface area contributed by atoms with Gasteiger partial charge in [0.2, 0.25) is 0 Å². The van der Waals surface area contributed by atoms with E-state index in [-0.39, 0.29) is 17.3 Å². The first-order chi connectivity index (χ1) is 16.1. The van der Waals surface area contributed by atoms with Crippen LogP contribution in [0.15, 0.2) is 60.8 Å². The molecule has 2 saturated heterocycles. The van der Waals surface area contributed by atoms with Crippen LogP contribution in [-0.2, 0) is 29.5 Å². The number of aromatic nitrogens is 1. The summed E-state index contributed by atoms with van der Waals surface area (Å²) in [5.74, 6) is -0.0438. The van der Waals surface area contributed by atoms with E-state index in [1.54, 1.807) is 0 Å². The lowest BCUT2D eigenvalue weighted by molar-refractivity contribution is -0.149. The molecular weight excluding hydrogens is 410 g/mol. The van der Waals surface area contributed by atoms with Gasteiger partial charge in [0.25, 0.3) is 0 Å². The Morgan fingerprint density at radius 2 is 1.76 bits per heavy atom. The monoisotopic (exact) mass is 445 g/mol. The molecule has 0 radical (unpaired) electrons. The molecule has 1 atom stereocenters. The second-order valence-electron chi connectivity index (χ2n) is 9.97. The smallest absolute Gasteiger partial charge is 0.310 e. The zero-order valence-corrected chi connectivity index (χ0v) is 19.9. The number of hydrogen-bond donors (Lipinski definition) is 0. The van der Waals surface area contributed by atoms with E-state index in [0.29, 0.717) is 0 Å². The largest absolute Gasteiger partial charge is 0.469 e. The molecule has 0 N–H and O–H groups in total. The predicted molar refractivity (Wildman–Crippen MR) is 132 cm³/mol. The van der Waals surface area contributed by atoms with Crippen LogP contribution in [0.2, 0.25) is 0 Å². The number of carbonyl (C=O) groups excluding carboxylic acids is 1. The third kappa shape index (κ3) is 4.44. The third-order valence-corrected chi connectivity index (χ3v) is 7.99. The number of fused-ring (bicyclic) bond motifs is 1. The minimum Gasteiger partial charge on any atom is -0.469 e. The van der Waals surface area contributed by atoms with Crippen molar-refractivity contribution in [3.05, 3.63) is 71.9 Å². The summed E-state index contributed by atoms with van der Waals surface area (Å²) in [5, 5.41) is 1.35. The molecule has 0 saturated carbocycles. The Bertz CT molecular complexity index is 1100. The highest BCUT2D eigenvalue weighted by molar-refractivity contribution is 5.83. The van der Waals surface area contributed by atoms with Crippen LogP contribution in [0.1, 0.15) is 24.0 Å². The molecule has 0 aliphatic carbocycles. The van der Waals surface area contributed by atoms with E-state index >= 15 is 0 Å². The topological polar surface area (TPSA) is 37.7 Å². The zero-order valence-electron chi connectivity index (χ0n) is 19.9. The Hall–Kier alpha value is -2.63. The Morgan fingerprint density at radius 1 is 1.03 bits per heavy atom. The molecule has 2 aliphatic heterocycles. The van der Waals surface area contributed by atoms with Crippen LogP contribution in [0.4, 0.5) is 0 Å². The third-order valence-electron chi connectivity index (χ3n) is 7.99. The van der Waals surface area contributed by atoms with Gasteiger partial charge in [0.15, 0.2) is 0 Å². The molecular formula is C28H35N3O2. The standard InChI is InChI=1S/C28H35N3O2/c1-29-18-23(24-10-6-7-11-26(24)29)19-30-16-13-28(14-17-30)21-31(20-25(28)27(32)33-2)15-12-22-8-4-3-5-9-22/h3-11,18,25H,12-17,19-21H2,1-2H3. The number of methoxy groups -OCH3 is 1. The Labute approximate surface area is 196 Å². The van der Waals surface area contributed by atoms with E-state index < -0.39 is 0 Å². The lowest BCUT2D eigenvalue weighted by atomic mass is 9.70. The molecule has 3 heterocycles. The Balaban J connectivity index is 1.25. The lowest BCUT2D eigenvalue weighted by Crippen LogP contribution is -2.46. The fourth-order valence-electron chi connectivity index (χ4n) is 6.10. The minimum atomic E-state index is -0.0280. The molecule has 2 aromatic carbocycles. The first-order valence-electron chi connectivity index (χ1n) is 12.2. The molecule has 5 nitrogen and oxygen atoms in total. The van der Waals surface area contributed by atoms with Gasteiger partial charge >= 0.3 is 5.97 Å². The molecule has 174 valence electrons. The SMILES string of the molecule is COC(=O)C1CN(CCc2ccccc2)CC12CCN(Cc1cn(C)c3ccccc13)CC2. The second-order valence-corrected chi connectivity index (χ2v) is 9.97. The van der Waals surface area contributed by atoms with Crippen molar-refractivity contribution in [1.82, 2.24) is 14.4 Å². The number of aryl methyl sites for hydroxylation is 1. The minimum absolute atomic E-state index is 0.0158. The number of esters is 1. The summed E-state index contributed by atoms with van der Waals surface area (Å²) in [5.41, 5.74) is 4.08. The van der Waals surface area contributed by atoms with Gasteiger partial charge in [-0.1, -0.05) is 48.5 Å². The van der Waals surface area contributed by atoms with Crippen molar-refractivity contribution >= 4 is 16.9 Å². The number of hydrogen-bond acceptors (Lipinski definition) is 4. The predicted octanol–water partition coefficient (Wildman–Crippen LogP) is 4.11. The van der Waals surface area contributed by atoms with Gasteiger partial charge in [-0.25, -0.2) is 0 Å². The van der Waals surface area contributed by atoms with E-state index in [1.807, 2.05) is 0 Å². The maximum absolute atomic E-state index is 12.8. The number of benzene rings is 2. The first-order valence-corrected chi connectivity index (χ1v) is 12.2. The maximum Gasteiger partial charge on any atom is 0.310 e. The molecule has 2 aliphatic rings. The van der Waals surface area contributed by atoms with Crippen LogP contribution in [0.5, 0.6) is 0 Å². The molecule has 1 unspecified atom stereocenters. The summed E-state index contributed by atoms with van der Waals surface area (Å²) < 4.78 is 7.49. The number of nitrogens with zero attached hydrogens (tertiary/aromatic N) is 3. The van der Waals surface area contributed by atoms with Gasteiger partial charge < -0.3 is 14.2 Å². The summed E-state index contributed by atoms with van der Waals surface area (Å²) in [6, 6.07) is 19.3. The van der Waals surface area contributed by atoms with Gasteiger partial charge in [-0.2, -0.15) is 0 Å². The van der Waals surface area contributed by atoms with Crippen molar-refractivity contribution in [1.29, 1.82) is 0 Å². The van der Waals surface area contributed by atoms with Crippen LogP contribution in [0.25, 0.3) is 10.9 Å². The summed E-state index contributed by atoms with van der Waals surface area (Å²) >= 11 is 0. The Morgan fingerprint density at radius 3 is 2.52 bits per heavy atom. The molecule has 3 aromatic rings. The zero-order chi connectivity index (χ0) is 22.8. The fraction of sp³-hybridized carbons (Fsp3) is 0.464. The lowest BCUT2D eigenvalue weighted by Gasteiger charge is -2.41. The molecule has 1 spiro atoms. The molecule has 5 heteroatoms. The van der Waals surface area contributed by atoms with Crippen LogP contribution >= 0.6 is 0 Å². The van der Waals surface area contributed by atoms with Gasteiger partial charge in [-0.05, 0) is 49.5 Å². The van der Waals surface area contributed by atoms with Crippen LogP contribution in [0.3, 0.4) is 0 Å². The average molecular weight is 446 g/mol. The highest BCUT2D eigenvalue weighted by Crippen LogP contribution is 2.45. The first kappa shape index (κ1) is 22.2. The average Bonchev–Trinajstić information content (AvgIpc) is 3.37. The maximum atomic E-state index is 12.8. The second kappa shape index (κ2) is 9.32. The van der Waals surface area contributed by atoms with Gasteiger partial charge in [-0.3, -0.25) is 9.69 Å². The summed E-state index contributed by atoms with van der Waals surface area (Å²) in [6.07, 6.45) is 5.41. The van der Waals surface area contributed by atoms with E-state index in [0.717, 1.165) is 58.5 Å². The van der Waals surface area contributed by atoms with Gasteiger partial charge in [0, 0.05) is 55.7 Å². The van der Waals surface area contributed by atoms with Crippen molar-refractivity contribution in [3.63, 3.8) is 0 Å². The van der Waals surface area contributed by atoms with Gasteiger partial charge in [0.1, 0.15) is 0 Å². The Kier molecular flexibility index (Phi) is 6.26. The number of piperidine rings is 1. The molecule has 0 bridgehead atoms. The summed E-state index contributed by atoms with van der Waals surface area (Å²) in [4.78, 5) is 17.8. The van der Waals surface area contributed by atoms with Crippen molar-refractivity contribution in [2.75, 3.05) is 39.8 Å². The molecule has 5 rings (SSSR count). The number of carbonyl (C=O) groups is 1. The quantitative estimate of drug-likeness (QED) is 0.535. The van der Waals surface area contributed by atoms with E-state index in [1.165, 1.54) is 29.1 Å². The van der Waals surface area contributed by atoms with Crippen LogP contribution in [0, 0.1) is 11.3 Å². The van der Waals surface area contributed by atoms with Gasteiger partial charge in [0.05, 0.1) is 13.0 Å². The van der Waals surface area contributed by atoms with Crippen molar-refractivity contribution in [3.8, 4) is 0 Å². The van der Waals surface area contributed by atoms with Crippen molar-refractivity contribution in [2.45, 2.75) is 25.8 Å². The molecule has 33 heavy (non-hydrogen) atoms. The molecule has 0 amide bonds. The summed E-state index contributed by atoms with van der Waals surface area (Å²) in [7, 11) is 3.67. The molecule has 2 fully saturated rings. The number of rotatable bonds is 6. The van der Waals surface area contributed by atoms with Crippen LogP contribution < -0.4 is 0 Å². The normalized spacial score (nSPS) is 21.1. The van der Waals surface area contributed by atoms with E-state index in [9.17, 15) is 4.79 Å². The van der Waals surface area contributed by atoms with E-state index in [4.69, 9.17) is 4.74 Å². The molecule has 1 aromatic heterocycles. The van der Waals surface area contributed by atoms with E-state index in [2.05, 4.69) is 82.2 Å². The van der Waals surface area contributed by atoms with Gasteiger partial charge in [-0.15, -0.1) is 0 Å². The highest BCUT2D eigenvalue weighted by atomic mass is 16.5. The highest BCUT2D eigenvalue weighted by Gasteiger charge is 2.51. The number of ether oxygens (including phenoxy) is 1. The fourth-order valence-corrected chi connectivity index (χ4v) is 6.10.